The maximum absolute atomic E-state index is 13.0. The predicted octanol–water partition coefficient (Wildman–Crippen LogP) is 1.59. The van der Waals surface area contributed by atoms with E-state index in [9.17, 15) is 13.6 Å². The average Bonchev–Trinajstić information content (AvgIpc) is 2.28. The van der Waals surface area contributed by atoms with Gasteiger partial charge in [0.1, 0.15) is 0 Å². The molecule has 0 bridgehead atoms. The van der Waals surface area contributed by atoms with Gasteiger partial charge in [-0.2, -0.15) is 8.78 Å². The zero-order valence-corrected chi connectivity index (χ0v) is 9.21. The molecule has 94 valence electrons. The third-order valence-corrected chi connectivity index (χ3v) is 2.35. The van der Waals surface area contributed by atoms with Gasteiger partial charge < -0.3 is 14.2 Å². The Kier molecular flexibility index (Phi) is 5.08. The van der Waals surface area contributed by atoms with E-state index in [-0.39, 0.29) is 19.1 Å². The minimum atomic E-state index is -3.84. The van der Waals surface area contributed by atoms with E-state index < -0.39 is 12.1 Å². The fraction of sp³-hybridized carbons (Fsp3) is 0.900. The molecule has 6 heteroatoms. The van der Waals surface area contributed by atoms with Crippen LogP contribution in [-0.2, 0) is 19.0 Å². The van der Waals surface area contributed by atoms with Crippen molar-refractivity contribution in [3.05, 3.63) is 0 Å². The summed E-state index contributed by atoms with van der Waals surface area (Å²) >= 11 is 0. The summed E-state index contributed by atoms with van der Waals surface area (Å²) in [5, 5.41) is 0. The van der Waals surface area contributed by atoms with Gasteiger partial charge in [-0.05, 0) is 25.7 Å². The predicted molar refractivity (Wildman–Crippen MR) is 51.1 cm³/mol. The van der Waals surface area contributed by atoms with Crippen LogP contribution in [0.2, 0.25) is 0 Å². The highest BCUT2D eigenvalue weighted by Crippen LogP contribution is 2.22. The van der Waals surface area contributed by atoms with E-state index >= 15 is 0 Å². The van der Waals surface area contributed by atoms with Crippen LogP contribution in [0.1, 0.15) is 19.8 Å². The van der Waals surface area contributed by atoms with Crippen LogP contribution in [0.15, 0.2) is 0 Å². The SMILES string of the molecule is CCOC(=O)C(F)(F)OCC1CCOCC1. The van der Waals surface area contributed by atoms with Gasteiger partial charge in [0.2, 0.25) is 0 Å². The molecule has 0 unspecified atom stereocenters. The molecule has 1 aliphatic heterocycles. The fourth-order valence-electron chi connectivity index (χ4n) is 1.41. The van der Waals surface area contributed by atoms with E-state index in [0.29, 0.717) is 26.1 Å². The molecule has 0 amide bonds. The number of rotatable bonds is 5. The standard InChI is InChI=1S/C10H16F2O4/c1-2-15-9(13)10(11,12)16-7-8-3-5-14-6-4-8/h8H,2-7H2,1H3. The number of esters is 1. The van der Waals surface area contributed by atoms with Crippen LogP contribution in [0.25, 0.3) is 0 Å². The van der Waals surface area contributed by atoms with Gasteiger partial charge in [-0.15, -0.1) is 0 Å². The summed E-state index contributed by atoms with van der Waals surface area (Å²) in [6, 6.07) is 0. The zero-order valence-electron chi connectivity index (χ0n) is 9.21. The summed E-state index contributed by atoms with van der Waals surface area (Å²) < 4.78 is 39.7. The average molecular weight is 238 g/mol. The minimum Gasteiger partial charge on any atom is -0.460 e. The van der Waals surface area contributed by atoms with E-state index in [1.165, 1.54) is 6.92 Å². The van der Waals surface area contributed by atoms with Crippen LogP contribution in [0.5, 0.6) is 0 Å². The largest absolute Gasteiger partial charge is 0.460 e. The van der Waals surface area contributed by atoms with E-state index in [4.69, 9.17) is 4.74 Å². The first-order chi connectivity index (χ1) is 7.56. The quantitative estimate of drug-likeness (QED) is 0.682. The molecule has 0 aromatic heterocycles. The molecule has 4 nitrogen and oxygen atoms in total. The van der Waals surface area contributed by atoms with E-state index in [2.05, 4.69) is 9.47 Å². The Hall–Kier alpha value is -0.750. The molecule has 16 heavy (non-hydrogen) atoms. The van der Waals surface area contributed by atoms with Crippen molar-refractivity contribution in [2.45, 2.75) is 25.9 Å². The molecule has 1 saturated heterocycles. The monoisotopic (exact) mass is 238 g/mol. The van der Waals surface area contributed by atoms with Crippen molar-refractivity contribution in [1.29, 1.82) is 0 Å². The highest BCUT2D eigenvalue weighted by Gasteiger charge is 2.42. The third kappa shape index (κ3) is 4.02. The maximum Gasteiger partial charge on any atom is 0.456 e. The number of carbonyl (C=O) groups is 1. The lowest BCUT2D eigenvalue weighted by Gasteiger charge is -2.23. The molecule has 0 spiro atoms. The van der Waals surface area contributed by atoms with Gasteiger partial charge in [0.05, 0.1) is 13.2 Å². The minimum absolute atomic E-state index is 0.0223. The highest BCUT2D eigenvalue weighted by molar-refractivity contribution is 5.75. The van der Waals surface area contributed by atoms with Crippen molar-refractivity contribution in [3.8, 4) is 0 Å². The topological polar surface area (TPSA) is 44.8 Å². The Labute approximate surface area is 92.9 Å². The molecular weight excluding hydrogens is 222 g/mol. The van der Waals surface area contributed by atoms with Crippen LogP contribution in [0, 0.1) is 5.92 Å². The third-order valence-electron chi connectivity index (χ3n) is 2.35. The number of hydrogen-bond donors (Lipinski definition) is 0. The number of ether oxygens (including phenoxy) is 3. The van der Waals surface area contributed by atoms with Crippen LogP contribution in [0.4, 0.5) is 8.78 Å². The van der Waals surface area contributed by atoms with Crippen LogP contribution in [-0.4, -0.2) is 38.5 Å². The van der Waals surface area contributed by atoms with Crippen molar-refractivity contribution in [2.24, 2.45) is 5.92 Å². The fourth-order valence-corrected chi connectivity index (χ4v) is 1.41. The summed E-state index contributed by atoms with van der Waals surface area (Å²) in [6.45, 7) is 2.34. The number of halogens is 2. The second-order valence-corrected chi connectivity index (χ2v) is 3.60. The first-order valence-electron chi connectivity index (χ1n) is 5.33. The Morgan fingerprint density at radius 3 is 2.62 bits per heavy atom. The van der Waals surface area contributed by atoms with Crippen molar-refractivity contribution >= 4 is 5.97 Å². The van der Waals surface area contributed by atoms with E-state index in [1.54, 1.807) is 0 Å². The lowest BCUT2D eigenvalue weighted by molar-refractivity contribution is -0.254. The molecule has 1 rings (SSSR count). The number of hydrogen-bond acceptors (Lipinski definition) is 4. The van der Waals surface area contributed by atoms with Crippen molar-refractivity contribution in [2.75, 3.05) is 26.4 Å². The smallest absolute Gasteiger partial charge is 0.456 e. The second kappa shape index (κ2) is 6.10. The van der Waals surface area contributed by atoms with Gasteiger partial charge in [0.25, 0.3) is 0 Å². The van der Waals surface area contributed by atoms with Gasteiger partial charge in [-0.25, -0.2) is 4.79 Å². The zero-order chi connectivity index (χ0) is 12.0. The van der Waals surface area contributed by atoms with Crippen molar-refractivity contribution in [1.82, 2.24) is 0 Å². The Morgan fingerprint density at radius 1 is 1.44 bits per heavy atom. The molecule has 0 saturated carbocycles. The molecule has 0 N–H and O–H groups in total. The lowest BCUT2D eigenvalue weighted by atomic mass is 10.0. The molecule has 0 aromatic rings. The van der Waals surface area contributed by atoms with Gasteiger partial charge in [0, 0.05) is 13.2 Å². The van der Waals surface area contributed by atoms with Gasteiger partial charge in [-0.3, -0.25) is 0 Å². The molecule has 0 aliphatic carbocycles. The Bertz CT molecular complexity index is 227. The number of alkyl halides is 2. The van der Waals surface area contributed by atoms with E-state index in [0.717, 1.165) is 0 Å². The Balaban J connectivity index is 2.31. The number of carbonyl (C=O) groups excluding carboxylic acids is 1. The summed E-state index contributed by atoms with van der Waals surface area (Å²) in [5.74, 6) is -1.60. The molecular formula is C10H16F2O4. The van der Waals surface area contributed by atoms with Crippen molar-refractivity contribution in [3.63, 3.8) is 0 Å². The molecule has 1 fully saturated rings. The molecule has 0 aromatic carbocycles. The highest BCUT2D eigenvalue weighted by atomic mass is 19.3. The summed E-state index contributed by atoms with van der Waals surface area (Å²) in [4.78, 5) is 10.8. The van der Waals surface area contributed by atoms with Crippen LogP contribution < -0.4 is 0 Å². The van der Waals surface area contributed by atoms with Gasteiger partial charge >= 0.3 is 12.1 Å². The van der Waals surface area contributed by atoms with E-state index in [1.807, 2.05) is 0 Å². The van der Waals surface area contributed by atoms with Crippen molar-refractivity contribution < 1.29 is 27.8 Å². The van der Waals surface area contributed by atoms with Gasteiger partial charge in [0.15, 0.2) is 0 Å². The van der Waals surface area contributed by atoms with Crippen LogP contribution in [0.3, 0.4) is 0 Å². The normalized spacial score (nSPS) is 18.4. The molecule has 1 heterocycles. The van der Waals surface area contributed by atoms with Gasteiger partial charge in [-0.1, -0.05) is 0 Å². The summed E-state index contributed by atoms with van der Waals surface area (Å²) in [5.41, 5.74) is 0. The first-order valence-corrected chi connectivity index (χ1v) is 5.33. The Morgan fingerprint density at radius 2 is 2.06 bits per heavy atom. The lowest BCUT2D eigenvalue weighted by Crippen LogP contribution is -2.36. The second-order valence-electron chi connectivity index (χ2n) is 3.60. The molecule has 0 radical (unpaired) electrons. The molecule has 1 aliphatic rings. The van der Waals surface area contributed by atoms with Crippen LogP contribution >= 0.6 is 0 Å². The molecule has 0 atom stereocenters. The summed E-state index contributed by atoms with van der Waals surface area (Å²) in [6.07, 6.45) is -2.48. The first kappa shape index (κ1) is 13.3. The maximum atomic E-state index is 13.0. The summed E-state index contributed by atoms with van der Waals surface area (Å²) in [7, 11) is 0.